The predicted molar refractivity (Wildman–Crippen MR) is 108 cm³/mol. The van der Waals surface area contributed by atoms with Crippen LogP contribution in [0.15, 0.2) is 78.5 Å². The van der Waals surface area contributed by atoms with Crippen molar-refractivity contribution in [1.82, 2.24) is 4.98 Å². The molecule has 1 amide bonds. The van der Waals surface area contributed by atoms with Crippen molar-refractivity contribution in [2.24, 2.45) is 5.92 Å². The molecule has 1 heterocycles. The number of fused-ring (bicyclic) bond motifs is 1. The molecule has 0 fully saturated rings. The lowest BCUT2D eigenvalue weighted by Crippen LogP contribution is -2.22. The summed E-state index contributed by atoms with van der Waals surface area (Å²) in [5, 5.41) is 4.08. The summed E-state index contributed by atoms with van der Waals surface area (Å²) in [5.41, 5.74) is 3.99. The van der Waals surface area contributed by atoms with Crippen LogP contribution in [-0.2, 0) is 11.2 Å². The second kappa shape index (κ2) is 8.43. The molecule has 132 valence electrons. The van der Waals surface area contributed by atoms with E-state index >= 15 is 0 Å². The lowest BCUT2D eigenvalue weighted by Gasteiger charge is -2.16. The monoisotopic (exact) mass is 344 g/mol. The quantitative estimate of drug-likeness (QED) is 0.609. The Balaban J connectivity index is 1.75. The highest BCUT2D eigenvalue weighted by molar-refractivity contribution is 6.01. The molecule has 0 aliphatic heterocycles. The van der Waals surface area contributed by atoms with Gasteiger partial charge < -0.3 is 5.32 Å². The van der Waals surface area contributed by atoms with Crippen LogP contribution in [0.1, 0.15) is 25.8 Å². The summed E-state index contributed by atoms with van der Waals surface area (Å²) in [6, 6.07) is 20.1. The highest BCUT2D eigenvalue weighted by Gasteiger charge is 2.17. The van der Waals surface area contributed by atoms with Crippen LogP contribution in [0.2, 0.25) is 0 Å². The van der Waals surface area contributed by atoms with Crippen LogP contribution in [0.5, 0.6) is 0 Å². The van der Waals surface area contributed by atoms with E-state index in [2.05, 4.69) is 35.4 Å². The van der Waals surface area contributed by atoms with E-state index in [1.54, 1.807) is 6.20 Å². The zero-order valence-corrected chi connectivity index (χ0v) is 15.3. The Morgan fingerprint density at radius 3 is 2.62 bits per heavy atom. The first-order valence-electron chi connectivity index (χ1n) is 9.06. The van der Waals surface area contributed by atoms with E-state index in [1.165, 1.54) is 5.56 Å². The predicted octanol–water partition coefficient (Wildman–Crippen LogP) is 5.39. The molecule has 0 saturated carbocycles. The van der Waals surface area contributed by atoms with Crippen molar-refractivity contribution in [2.45, 2.75) is 26.7 Å². The maximum Gasteiger partial charge on any atom is 0.231 e. The van der Waals surface area contributed by atoms with Crippen LogP contribution in [0.25, 0.3) is 10.9 Å². The fourth-order valence-corrected chi connectivity index (χ4v) is 3.10. The van der Waals surface area contributed by atoms with Crippen LogP contribution < -0.4 is 5.32 Å². The molecule has 0 aliphatic carbocycles. The molecule has 3 nitrogen and oxygen atoms in total. The van der Waals surface area contributed by atoms with Crippen molar-refractivity contribution in [1.29, 1.82) is 0 Å². The van der Waals surface area contributed by atoms with Crippen molar-refractivity contribution in [3.8, 4) is 0 Å². The minimum absolute atomic E-state index is 0.00400. The fraction of sp³-hybridized carbons (Fsp3) is 0.217. The number of hydrogen-bond donors (Lipinski definition) is 1. The molecular formula is C23H24N2O. The molecule has 1 atom stereocenters. The molecule has 1 N–H and O–H groups in total. The molecule has 3 rings (SSSR count). The first kappa shape index (κ1) is 17.9. The molecule has 0 radical (unpaired) electrons. The third-order valence-electron chi connectivity index (χ3n) is 4.69. The number of allylic oxidation sites excluding steroid dienone is 1. The molecule has 1 aromatic heterocycles. The number of anilines is 1. The average molecular weight is 344 g/mol. The standard InChI is InChI=1S/C23H24N2O/c1-3-19(15-14-18-9-5-4-6-10-18)17(2)23(26)25-21-13-7-11-20-12-8-16-24-22(20)21/h4-13,15-17H,3,14H2,1-2H3,(H,25,26)/b19-15-. The number of carbonyl (C=O) groups is 1. The number of carbonyl (C=O) groups excluding carboxylic acids is 1. The van der Waals surface area contributed by atoms with E-state index in [0.717, 1.165) is 35.0 Å². The van der Waals surface area contributed by atoms with E-state index in [-0.39, 0.29) is 11.8 Å². The maximum atomic E-state index is 12.8. The van der Waals surface area contributed by atoms with Gasteiger partial charge in [-0.15, -0.1) is 0 Å². The average Bonchev–Trinajstić information content (AvgIpc) is 2.69. The number of hydrogen-bond acceptors (Lipinski definition) is 2. The van der Waals surface area contributed by atoms with Crippen molar-refractivity contribution >= 4 is 22.5 Å². The minimum atomic E-state index is -0.178. The van der Waals surface area contributed by atoms with Gasteiger partial charge >= 0.3 is 0 Å². The zero-order valence-electron chi connectivity index (χ0n) is 15.3. The summed E-state index contributed by atoms with van der Waals surface area (Å²) in [4.78, 5) is 17.2. The second-order valence-corrected chi connectivity index (χ2v) is 6.41. The Morgan fingerprint density at radius 1 is 1.08 bits per heavy atom. The normalized spacial score (nSPS) is 12.8. The van der Waals surface area contributed by atoms with Crippen molar-refractivity contribution in [3.05, 3.63) is 84.1 Å². The van der Waals surface area contributed by atoms with Gasteiger partial charge in [-0.25, -0.2) is 0 Å². The summed E-state index contributed by atoms with van der Waals surface area (Å²) < 4.78 is 0. The summed E-state index contributed by atoms with van der Waals surface area (Å²) in [6.07, 6.45) is 5.63. The van der Waals surface area contributed by atoms with Gasteiger partial charge in [-0.2, -0.15) is 0 Å². The van der Waals surface area contributed by atoms with Crippen molar-refractivity contribution in [3.63, 3.8) is 0 Å². The van der Waals surface area contributed by atoms with Crippen LogP contribution >= 0.6 is 0 Å². The number of benzene rings is 2. The smallest absolute Gasteiger partial charge is 0.231 e. The Hall–Kier alpha value is -2.94. The molecule has 1 unspecified atom stereocenters. The first-order chi connectivity index (χ1) is 12.7. The topological polar surface area (TPSA) is 42.0 Å². The van der Waals surface area contributed by atoms with E-state index in [4.69, 9.17) is 0 Å². The highest BCUT2D eigenvalue weighted by Crippen LogP contribution is 2.23. The van der Waals surface area contributed by atoms with Gasteiger partial charge in [0, 0.05) is 11.6 Å². The highest BCUT2D eigenvalue weighted by atomic mass is 16.1. The maximum absolute atomic E-state index is 12.8. The number of nitrogens with one attached hydrogen (secondary N) is 1. The number of amides is 1. The summed E-state index contributed by atoms with van der Waals surface area (Å²) in [5.74, 6) is -0.174. The molecule has 3 aromatic rings. The molecule has 0 saturated heterocycles. The lowest BCUT2D eigenvalue weighted by atomic mass is 9.95. The van der Waals surface area contributed by atoms with Gasteiger partial charge in [0.25, 0.3) is 0 Å². The third-order valence-corrected chi connectivity index (χ3v) is 4.69. The van der Waals surface area contributed by atoms with Gasteiger partial charge in [-0.3, -0.25) is 9.78 Å². The van der Waals surface area contributed by atoms with Gasteiger partial charge in [0.1, 0.15) is 0 Å². The number of para-hydroxylation sites is 1. The largest absolute Gasteiger partial charge is 0.324 e. The van der Waals surface area contributed by atoms with Gasteiger partial charge in [0.2, 0.25) is 5.91 Å². The third kappa shape index (κ3) is 4.17. The van der Waals surface area contributed by atoms with Crippen molar-refractivity contribution in [2.75, 3.05) is 5.32 Å². The molecule has 0 bridgehead atoms. The molecule has 2 aromatic carbocycles. The zero-order chi connectivity index (χ0) is 18.4. The van der Waals surface area contributed by atoms with Crippen LogP contribution in [0.3, 0.4) is 0 Å². The molecule has 3 heteroatoms. The number of nitrogens with zero attached hydrogens (tertiary/aromatic N) is 1. The van der Waals surface area contributed by atoms with Crippen LogP contribution in [0, 0.1) is 5.92 Å². The minimum Gasteiger partial charge on any atom is -0.324 e. The van der Waals surface area contributed by atoms with Crippen LogP contribution in [-0.4, -0.2) is 10.9 Å². The van der Waals surface area contributed by atoms with Gasteiger partial charge in [-0.1, -0.05) is 67.1 Å². The van der Waals surface area contributed by atoms with Gasteiger partial charge in [0.15, 0.2) is 0 Å². The summed E-state index contributed by atoms with van der Waals surface area (Å²) in [7, 11) is 0. The van der Waals surface area contributed by atoms with Crippen molar-refractivity contribution < 1.29 is 4.79 Å². The van der Waals surface area contributed by atoms with Gasteiger partial charge in [0.05, 0.1) is 17.1 Å². The Kier molecular flexibility index (Phi) is 5.80. The molecular weight excluding hydrogens is 320 g/mol. The van der Waals surface area contributed by atoms with Gasteiger partial charge in [-0.05, 0) is 37.5 Å². The van der Waals surface area contributed by atoms with Crippen LogP contribution in [0.4, 0.5) is 5.69 Å². The van der Waals surface area contributed by atoms with E-state index in [0.29, 0.717) is 0 Å². The number of pyridine rings is 1. The summed E-state index contributed by atoms with van der Waals surface area (Å²) in [6.45, 7) is 4.06. The molecule has 0 spiro atoms. The first-order valence-corrected chi connectivity index (χ1v) is 9.06. The fourth-order valence-electron chi connectivity index (χ4n) is 3.10. The Morgan fingerprint density at radius 2 is 1.85 bits per heavy atom. The Labute approximate surface area is 154 Å². The Bertz CT molecular complexity index is 910. The molecule has 0 aliphatic rings. The van der Waals surface area contributed by atoms with E-state index in [1.807, 2.05) is 55.5 Å². The number of rotatable bonds is 6. The summed E-state index contributed by atoms with van der Waals surface area (Å²) >= 11 is 0. The van der Waals surface area contributed by atoms with E-state index in [9.17, 15) is 4.79 Å². The molecule has 26 heavy (non-hydrogen) atoms. The SMILES string of the molecule is CC/C(=C/Cc1ccccc1)C(C)C(=O)Nc1cccc2cccnc12. The van der Waals surface area contributed by atoms with E-state index < -0.39 is 0 Å². The number of aromatic nitrogens is 1. The second-order valence-electron chi connectivity index (χ2n) is 6.41. The lowest BCUT2D eigenvalue weighted by molar-refractivity contribution is -0.118.